The van der Waals surface area contributed by atoms with Crippen LogP contribution in [0.3, 0.4) is 0 Å². The predicted molar refractivity (Wildman–Crippen MR) is 51.4 cm³/mol. The van der Waals surface area contributed by atoms with Crippen LogP contribution in [0, 0.1) is 13.8 Å². The lowest BCUT2D eigenvalue weighted by Crippen LogP contribution is -2.08. The van der Waals surface area contributed by atoms with Gasteiger partial charge in [-0.25, -0.2) is 0 Å². The zero-order valence-electron chi connectivity index (χ0n) is 6.61. The van der Waals surface area contributed by atoms with Crippen molar-refractivity contribution >= 4 is 21.6 Å². The van der Waals surface area contributed by atoms with Crippen LogP contribution in [0.1, 0.15) is 11.1 Å². The Morgan fingerprint density at radius 2 is 1.91 bits per heavy atom. The van der Waals surface area contributed by atoms with Gasteiger partial charge in [0.2, 0.25) is 0 Å². The van der Waals surface area contributed by atoms with Gasteiger partial charge >= 0.3 is 0 Å². The Morgan fingerprint density at radius 1 is 1.27 bits per heavy atom. The van der Waals surface area contributed by atoms with Crippen molar-refractivity contribution in [1.29, 1.82) is 0 Å². The third-order valence-electron chi connectivity index (χ3n) is 1.88. The SMILES string of the molecule is Cc1c(Br)ccc(NN)c1C. The molecule has 1 aromatic carbocycles. The van der Waals surface area contributed by atoms with Gasteiger partial charge in [-0.1, -0.05) is 15.9 Å². The minimum absolute atomic E-state index is 0.978. The van der Waals surface area contributed by atoms with E-state index >= 15 is 0 Å². The quantitative estimate of drug-likeness (QED) is 0.557. The lowest BCUT2D eigenvalue weighted by molar-refractivity contribution is 1.26. The van der Waals surface area contributed by atoms with Crippen molar-refractivity contribution in [1.82, 2.24) is 0 Å². The molecule has 0 aliphatic rings. The Balaban J connectivity index is 3.25. The monoisotopic (exact) mass is 214 g/mol. The van der Waals surface area contributed by atoms with Gasteiger partial charge in [0, 0.05) is 4.47 Å². The van der Waals surface area contributed by atoms with Gasteiger partial charge in [0.25, 0.3) is 0 Å². The first-order valence-corrected chi connectivity index (χ1v) is 4.18. The van der Waals surface area contributed by atoms with Crippen molar-refractivity contribution in [2.75, 3.05) is 5.43 Å². The summed E-state index contributed by atoms with van der Waals surface area (Å²) in [6, 6.07) is 3.93. The molecule has 0 fully saturated rings. The lowest BCUT2D eigenvalue weighted by Gasteiger charge is -2.08. The van der Waals surface area contributed by atoms with Crippen LogP contribution in [-0.4, -0.2) is 0 Å². The van der Waals surface area contributed by atoms with E-state index < -0.39 is 0 Å². The molecule has 0 aliphatic carbocycles. The van der Waals surface area contributed by atoms with E-state index in [-0.39, 0.29) is 0 Å². The molecule has 0 saturated heterocycles. The summed E-state index contributed by atoms with van der Waals surface area (Å²) >= 11 is 3.44. The fourth-order valence-electron chi connectivity index (χ4n) is 0.944. The Morgan fingerprint density at radius 3 is 2.45 bits per heavy atom. The summed E-state index contributed by atoms with van der Waals surface area (Å²) in [5, 5.41) is 0. The number of hydrogen-bond acceptors (Lipinski definition) is 2. The van der Waals surface area contributed by atoms with E-state index in [1.165, 1.54) is 11.1 Å². The Bertz CT molecular complexity index is 271. The normalized spacial score (nSPS) is 9.82. The second kappa shape index (κ2) is 3.24. The third kappa shape index (κ3) is 1.54. The average Bonchev–Trinajstić information content (AvgIpc) is 2.01. The number of nitrogen functional groups attached to an aromatic ring is 1. The summed E-state index contributed by atoms with van der Waals surface area (Å²) in [6.45, 7) is 4.09. The van der Waals surface area contributed by atoms with Gasteiger partial charge in [0.1, 0.15) is 0 Å². The largest absolute Gasteiger partial charge is 0.324 e. The molecular formula is C8H11BrN2. The highest BCUT2D eigenvalue weighted by atomic mass is 79.9. The van der Waals surface area contributed by atoms with E-state index in [1.807, 2.05) is 19.1 Å². The molecule has 0 aromatic heterocycles. The molecule has 0 radical (unpaired) electrons. The molecule has 0 aliphatic heterocycles. The number of rotatable bonds is 1. The maximum Gasteiger partial charge on any atom is 0.0517 e. The zero-order valence-corrected chi connectivity index (χ0v) is 8.20. The first-order valence-electron chi connectivity index (χ1n) is 3.39. The first kappa shape index (κ1) is 8.56. The standard InChI is InChI=1S/C8H11BrN2/c1-5-6(2)8(11-10)4-3-7(5)9/h3-4,11H,10H2,1-2H3. The highest BCUT2D eigenvalue weighted by Crippen LogP contribution is 2.24. The minimum Gasteiger partial charge on any atom is -0.324 e. The van der Waals surface area contributed by atoms with Gasteiger partial charge in [-0.15, -0.1) is 0 Å². The number of halogens is 1. The van der Waals surface area contributed by atoms with E-state index in [4.69, 9.17) is 5.84 Å². The van der Waals surface area contributed by atoms with E-state index in [9.17, 15) is 0 Å². The number of hydrazine groups is 1. The molecule has 0 saturated carbocycles. The van der Waals surface area contributed by atoms with Crippen LogP contribution >= 0.6 is 15.9 Å². The van der Waals surface area contributed by atoms with Gasteiger partial charge < -0.3 is 5.43 Å². The fourth-order valence-corrected chi connectivity index (χ4v) is 1.37. The van der Waals surface area contributed by atoms with Crippen LogP contribution in [0.15, 0.2) is 16.6 Å². The maximum atomic E-state index is 5.30. The van der Waals surface area contributed by atoms with Gasteiger partial charge in [0.05, 0.1) is 5.69 Å². The van der Waals surface area contributed by atoms with E-state index in [1.54, 1.807) is 0 Å². The second-order valence-electron chi connectivity index (χ2n) is 2.49. The lowest BCUT2D eigenvalue weighted by atomic mass is 10.1. The molecule has 2 nitrogen and oxygen atoms in total. The predicted octanol–water partition coefficient (Wildman–Crippen LogP) is 2.35. The number of benzene rings is 1. The Kier molecular flexibility index (Phi) is 2.52. The summed E-state index contributed by atoms with van der Waals surface area (Å²) in [5.74, 6) is 5.30. The molecule has 0 bridgehead atoms. The van der Waals surface area contributed by atoms with Crippen LogP contribution in [0.25, 0.3) is 0 Å². The Labute approximate surface area is 74.9 Å². The van der Waals surface area contributed by atoms with E-state index in [0.717, 1.165) is 10.2 Å². The molecule has 0 unspecified atom stereocenters. The van der Waals surface area contributed by atoms with Crippen LogP contribution in [-0.2, 0) is 0 Å². The molecule has 11 heavy (non-hydrogen) atoms. The van der Waals surface area contributed by atoms with Crippen molar-refractivity contribution in [3.05, 3.63) is 27.7 Å². The molecule has 1 aromatic rings. The van der Waals surface area contributed by atoms with Crippen LogP contribution in [0.5, 0.6) is 0 Å². The van der Waals surface area contributed by atoms with Gasteiger partial charge in [-0.05, 0) is 37.1 Å². The second-order valence-corrected chi connectivity index (χ2v) is 3.34. The highest BCUT2D eigenvalue weighted by Gasteiger charge is 2.01. The number of hydrogen-bond donors (Lipinski definition) is 2. The van der Waals surface area contributed by atoms with Crippen LogP contribution < -0.4 is 11.3 Å². The Hall–Kier alpha value is -0.540. The zero-order chi connectivity index (χ0) is 8.43. The third-order valence-corrected chi connectivity index (χ3v) is 2.74. The van der Waals surface area contributed by atoms with Crippen molar-refractivity contribution in [2.24, 2.45) is 5.84 Å². The molecular weight excluding hydrogens is 204 g/mol. The van der Waals surface area contributed by atoms with E-state index in [0.29, 0.717) is 0 Å². The first-order chi connectivity index (χ1) is 5.16. The van der Waals surface area contributed by atoms with E-state index in [2.05, 4.69) is 28.3 Å². The molecule has 0 atom stereocenters. The summed E-state index contributed by atoms with van der Waals surface area (Å²) < 4.78 is 1.12. The van der Waals surface area contributed by atoms with Gasteiger partial charge in [-0.3, -0.25) is 5.84 Å². The van der Waals surface area contributed by atoms with Crippen molar-refractivity contribution < 1.29 is 0 Å². The van der Waals surface area contributed by atoms with Crippen molar-refractivity contribution in [3.8, 4) is 0 Å². The van der Waals surface area contributed by atoms with Gasteiger partial charge in [0.15, 0.2) is 0 Å². The average molecular weight is 215 g/mol. The molecule has 0 spiro atoms. The molecule has 60 valence electrons. The topological polar surface area (TPSA) is 38.0 Å². The van der Waals surface area contributed by atoms with Crippen molar-refractivity contribution in [3.63, 3.8) is 0 Å². The summed E-state index contributed by atoms with van der Waals surface area (Å²) in [7, 11) is 0. The molecule has 0 heterocycles. The summed E-state index contributed by atoms with van der Waals surface area (Å²) in [6.07, 6.45) is 0. The summed E-state index contributed by atoms with van der Waals surface area (Å²) in [5.41, 5.74) is 6.02. The van der Waals surface area contributed by atoms with Gasteiger partial charge in [-0.2, -0.15) is 0 Å². The van der Waals surface area contributed by atoms with Crippen LogP contribution in [0.4, 0.5) is 5.69 Å². The van der Waals surface area contributed by atoms with Crippen molar-refractivity contribution in [2.45, 2.75) is 13.8 Å². The molecule has 3 heteroatoms. The number of nitrogens with one attached hydrogen (secondary N) is 1. The maximum absolute atomic E-state index is 5.30. The minimum atomic E-state index is 0.978. The van der Waals surface area contributed by atoms with Crippen LogP contribution in [0.2, 0.25) is 0 Å². The highest BCUT2D eigenvalue weighted by molar-refractivity contribution is 9.10. The molecule has 1 rings (SSSR count). The number of nitrogens with two attached hydrogens (primary N) is 1. The summed E-state index contributed by atoms with van der Waals surface area (Å²) in [4.78, 5) is 0. The smallest absolute Gasteiger partial charge is 0.0517 e. The molecule has 3 N–H and O–H groups in total. The number of anilines is 1. The molecule has 0 amide bonds. The fraction of sp³-hybridized carbons (Fsp3) is 0.250.